The lowest BCUT2D eigenvalue weighted by molar-refractivity contribution is 0.0942. The number of benzene rings is 2. The van der Waals surface area contributed by atoms with Gasteiger partial charge in [0.2, 0.25) is 10.9 Å². The highest BCUT2D eigenvalue weighted by Crippen LogP contribution is 2.34. The Morgan fingerprint density at radius 1 is 0.710 bits per heavy atom. The van der Waals surface area contributed by atoms with Crippen LogP contribution in [0.1, 0.15) is 33.6 Å². The number of carbonyl (C=O) groups excluding carboxylic acids is 2. The van der Waals surface area contributed by atoms with Crippen LogP contribution in [0.2, 0.25) is 0 Å². The van der Waals surface area contributed by atoms with Crippen LogP contribution in [0.15, 0.2) is 70.3 Å². The molecule has 0 radical (unpaired) electrons. The summed E-state index contributed by atoms with van der Waals surface area (Å²) in [7, 11) is -3.67. The van der Waals surface area contributed by atoms with Crippen molar-refractivity contribution in [3.05, 3.63) is 104 Å². The number of hydrogen-bond donors (Lipinski definition) is 3. The molecule has 2 saturated heterocycles. The summed E-state index contributed by atoms with van der Waals surface area (Å²) in [5.74, 6) is -2.08. The third-order valence-corrected chi connectivity index (χ3v) is 14.8. The van der Waals surface area contributed by atoms with Crippen molar-refractivity contribution >= 4 is 108 Å². The van der Waals surface area contributed by atoms with Gasteiger partial charge in [-0.05, 0) is 49.2 Å². The molecule has 18 nitrogen and oxygen atoms in total. The molecule has 0 unspecified atom stereocenters. The predicted octanol–water partition coefficient (Wildman–Crippen LogP) is 4.26. The number of rotatable bonds is 12. The van der Waals surface area contributed by atoms with E-state index in [9.17, 15) is 27.6 Å². The number of nitrogens with zero attached hydrogens (tertiary/aromatic N) is 6. The minimum Gasteiger partial charge on any atom is -0.378 e. The third kappa shape index (κ3) is 9.34. The van der Waals surface area contributed by atoms with E-state index in [0.717, 1.165) is 45.6 Å². The summed E-state index contributed by atoms with van der Waals surface area (Å²) in [5.41, 5.74) is 0.846. The van der Waals surface area contributed by atoms with Crippen LogP contribution in [0.3, 0.4) is 0 Å². The summed E-state index contributed by atoms with van der Waals surface area (Å²) in [5, 5.41) is 8.78. The lowest BCUT2D eigenvalue weighted by Crippen LogP contribution is -2.37. The molecular formula is C46H45F2N9O9S3. The average Bonchev–Trinajstić information content (AvgIpc) is 3.98. The van der Waals surface area contributed by atoms with Crippen molar-refractivity contribution in [2.45, 2.75) is 18.9 Å². The lowest BCUT2D eigenvalue weighted by atomic mass is 10.1. The second kappa shape index (κ2) is 19.3. The van der Waals surface area contributed by atoms with Gasteiger partial charge in [-0.3, -0.25) is 32.2 Å². The molecule has 23 heteroatoms. The number of pyridine rings is 4. The van der Waals surface area contributed by atoms with Gasteiger partial charge in [-0.1, -0.05) is 24.3 Å². The molecule has 3 fully saturated rings. The fourth-order valence-corrected chi connectivity index (χ4v) is 11.2. The van der Waals surface area contributed by atoms with Gasteiger partial charge < -0.3 is 35.2 Å². The first-order valence-electron chi connectivity index (χ1n) is 22.3. The van der Waals surface area contributed by atoms with E-state index in [0.29, 0.717) is 87.0 Å². The number of carbonyl (C=O) groups is 2. The van der Waals surface area contributed by atoms with Crippen molar-refractivity contribution in [1.29, 1.82) is 0 Å². The van der Waals surface area contributed by atoms with Crippen molar-refractivity contribution < 1.29 is 40.4 Å². The molecule has 2 aromatic carbocycles. The van der Waals surface area contributed by atoms with Gasteiger partial charge in [0.15, 0.2) is 34.6 Å². The highest BCUT2D eigenvalue weighted by molar-refractivity contribution is 7.86. The van der Waals surface area contributed by atoms with Crippen LogP contribution in [-0.4, -0.2) is 130 Å². The van der Waals surface area contributed by atoms with E-state index in [4.69, 9.17) is 9.47 Å². The molecule has 8 aromatic rings. The molecule has 6 aromatic heterocycles. The van der Waals surface area contributed by atoms with E-state index in [2.05, 4.69) is 30.1 Å². The molecule has 360 valence electrons. The molecule has 3 N–H and O–H groups in total. The second-order valence-corrected chi connectivity index (χ2v) is 20.3. The second-order valence-electron chi connectivity index (χ2n) is 16.6. The number of fused-ring (bicyclic) bond motifs is 10. The van der Waals surface area contributed by atoms with Gasteiger partial charge in [-0.25, -0.2) is 18.7 Å². The number of morpholine rings is 2. The zero-order valence-electron chi connectivity index (χ0n) is 37.1. The monoisotopic (exact) mass is 1000 g/mol. The number of amides is 2. The summed E-state index contributed by atoms with van der Waals surface area (Å²) >= 11 is 2.61. The van der Waals surface area contributed by atoms with Gasteiger partial charge in [0.05, 0.1) is 70.5 Å². The van der Waals surface area contributed by atoms with E-state index in [1.54, 1.807) is 9.30 Å². The molecular weight excluding hydrogens is 957 g/mol. The summed E-state index contributed by atoms with van der Waals surface area (Å²) < 4.78 is 73.3. The topological polar surface area (TPSA) is 207 Å². The summed E-state index contributed by atoms with van der Waals surface area (Å²) in [6.07, 6.45) is 3.22. The Balaban J connectivity index is 0.000000160. The van der Waals surface area contributed by atoms with Crippen molar-refractivity contribution in [3.8, 4) is 0 Å². The molecule has 1 saturated carbocycles. The standard InChI is InChI=1S/C24H24FN5O3S.C22H21FN4O6S2/c25-16-13-15-20(31)19(23(32)27-8-7-26-14-5-6-14)24-30(17-3-1-2-4-18(17)34-24)21(15)28-22(16)29-9-11-33-12-10-29;1-35(30,31)33-9-6-24-21(29)17-18(28)13-12-14(23)20(26-7-10-32-11-8-26)25-19(13)27-15-4-2-3-5-16(15)34-22(17)27/h1-4,13-14,26H,5-12H2,(H,27,32);2-5,12H,6-11H2,1H3,(H,24,29). The van der Waals surface area contributed by atoms with E-state index in [1.807, 2.05) is 57.8 Å². The highest BCUT2D eigenvalue weighted by atomic mass is 32.2. The largest absolute Gasteiger partial charge is 0.378 e. The van der Waals surface area contributed by atoms with Gasteiger partial charge in [0.25, 0.3) is 21.9 Å². The first kappa shape index (κ1) is 46.5. The van der Waals surface area contributed by atoms with Crippen molar-refractivity contribution in [2.24, 2.45) is 0 Å². The minimum atomic E-state index is -3.67. The fraction of sp³-hybridized carbons (Fsp3) is 0.348. The van der Waals surface area contributed by atoms with Crippen molar-refractivity contribution in [3.63, 3.8) is 0 Å². The smallest absolute Gasteiger partial charge is 0.264 e. The lowest BCUT2D eigenvalue weighted by Gasteiger charge is -2.28. The first-order valence-corrected chi connectivity index (χ1v) is 25.7. The number of ether oxygens (including phenoxy) is 2. The number of halogens is 2. The van der Waals surface area contributed by atoms with Gasteiger partial charge in [0.1, 0.15) is 20.8 Å². The van der Waals surface area contributed by atoms with Crippen molar-refractivity contribution in [2.75, 3.05) is 94.9 Å². The Kier molecular flexibility index (Phi) is 13.0. The number of hydrogen-bond acceptors (Lipinski definition) is 16. The van der Waals surface area contributed by atoms with Gasteiger partial charge in [-0.2, -0.15) is 8.42 Å². The molecule has 69 heavy (non-hydrogen) atoms. The summed E-state index contributed by atoms with van der Waals surface area (Å²) in [6, 6.07) is 17.9. The molecule has 3 aliphatic rings. The maximum Gasteiger partial charge on any atom is 0.264 e. The summed E-state index contributed by atoms with van der Waals surface area (Å²) in [6.45, 7) is 4.47. The average molecular weight is 1000 g/mol. The number of anilines is 2. The Hall–Kier alpha value is -6.21. The number of nitrogens with one attached hydrogen (secondary N) is 3. The van der Waals surface area contributed by atoms with Crippen LogP contribution in [0.5, 0.6) is 0 Å². The van der Waals surface area contributed by atoms with Gasteiger partial charge >= 0.3 is 0 Å². The fourth-order valence-electron chi connectivity index (χ4n) is 8.47. The van der Waals surface area contributed by atoms with E-state index in [1.165, 1.54) is 28.7 Å². The maximum absolute atomic E-state index is 15.2. The van der Waals surface area contributed by atoms with Gasteiger partial charge in [0, 0.05) is 51.9 Å². The molecule has 8 heterocycles. The normalized spacial score (nSPS) is 15.6. The van der Waals surface area contributed by atoms with Crippen LogP contribution >= 0.6 is 22.7 Å². The number of thiazole rings is 2. The predicted molar refractivity (Wildman–Crippen MR) is 261 cm³/mol. The van der Waals surface area contributed by atoms with Crippen LogP contribution in [0.25, 0.3) is 52.2 Å². The van der Waals surface area contributed by atoms with Crippen LogP contribution in [0.4, 0.5) is 20.4 Å². The SMILES string of the molecule is CS(=O)(=O)OCCNC(=O)c1c(=O)c2cc(F)c(N3CCOCC3)nc2n2c1sc1ccccc12.O=C(NCCNC1CC1)c1c(=O)c2cc(F)c(N3CCOCC3)nc2n2c1sc1ccccc12. The third-order valence-electron chi connectivity index (χ3n) is 11.9. The Morgan fingerprint density at radius 2 is 1.16 bits per heavy atom. The Labute approximate surface area is 399 Å². The van der Waals surface area contributed by atoms with Gasteiger partial charge in [-0.15, -0.1) is 22.7 Å². The quantitative estimate of drug-likeness (QED) is 0.116. The molecule has 0 spiro atoms. The van der Waals surface area contributed by atoms with Crippen molar-refractivity contribution in [1.82, 2.24) is 34.7 Å². The van der Waals surface area contributed by atoms with E-state index < -0.39 is 44.4 Å². The Bertz CT molecular complexity index is 3570. The zero-order valence-corrected chi connectivity index (χ0v) is 39.5. The first-order chi connectivity index (χ1) is 33.4. The minimum absolute atomic E-state index is 0.0282. The van der Waals surface area contributed by atoms with Crippen LogP contribution in [0, 0.1) is 11.6 Å². The molecule has 2 aliphatic heterocycles. The molecule has 0 atom stereocenters. The molecule has 2 amide bonds. The summed E-state index contributed by atoms with van der Waals surface area (Å²) in [4.78, 5) is 66.9. The Morgan fingerprint density at radius 3 is 1.61 bits per heavy atom. The number of para-hydroxylation sites is 2. The molecule has 11 rings (SSSR count). The maximum atomic E-state index is 15.2. The number of aromatic nitrogens is 4. The zero-order chi connectivity index (χ0) is 48.0. The van der Waals surface area contributed by atoms with E-state index >= 15 is 8.78 Å². The van der Waals surface area contributed by atoms with Crippen LogP contribution < -0.4 is 36.6 Å². The highest BCUT2D eigenvalue weighted by Gasteiger charge is 2.28. The van der Waals surface area contributed by atoms with Crippen LogP contribution in [-0.2, 0) is 23.8 Å². The van der Waals surface area contributed by atoms with E-state index in [-0.39, 0.29) is 52.3 Å². The molecule has 0 bridgehead atoms. The molecule has 1 aliphatic carbocycles.